The number of piperazine rings is 1. The molecule has 1 atom stereocenters. The maximum absolute atomic E-state index is 13.1. The maximum Gasteiger partial charge on any atom is 0.243 e. The fourth-order valence-electron chi connectivity index (χ4n) is 3.70. The highest BCUT2D eigenvalue weighted by Gasteiger charge is 2.32. The predicted octanol–water partition coefficient (Wildman–Crippen LogP) is 3.10. The third-order valence-corrected chi connectivity index (χ3v) is 7.81. The van der Waals surface area contributed by atoms with E-state index in [0.29, 0.717) is 53.5 Å². The number of nitrogens with zero attached hydrogens (tertiary/aromatic N) is 2. The zero-order valence-corrected chi connectivity index (χ0v) is 19.7. The second-order valence-corrected chi connectivity index (χ2v) is 10.4. The molecule has 2 aliphatic rings. The van der Waals surface area contributed by atoms with Crippen LogP contribution < -0.4 is 14.8 Å². The summed E-state index contributed by atoms with van der Waals surface area (Å²) in [6.45, 7) is 4.01. The van der Waals surface area contributed by atoms with Crippen molar-refractivity contribution in [3.63, 3.8) is 0 Å². The maximum atomic E-state index is 13.1. The number of hydrogen-bond donors (Lipinski definition) is 1. The number of carbonyl (C=O) groups is 1. The van der Waals surface area contributed by atoms with Crippen molar-refractivity contribution >= 4 is 44.8 Å². The lowest BCUT2D eigenvalue weighted by molar-refractivity contribution is -0.121. The van der Waals surface area contributed by atoms with Gasteiger partial charge in [-0.3, -0.25) is 9.69 Å². The van der Waals surface area contributed by atoms with E-state index in [-0.39, 0.29) is 23.9 Å². The molecule has 1 unspecified atom stereocenters. The van der Waals surface area contributed by atoms with Crippen LogP contribution in [-0.2, 0) is 14.8 Å². The van der Waals surface area contributed by atoms with Crippen molar-refractivity contribution in [1.82, 2.24) is 9.21 Å². The first kappa shape index (κ1) is 23.1. The molecule has 0 spiro atoms. The lowest BCUT2D eigenvalue weighted by Crippen LogP contribution is -2.53. The van der Waals surface area contributed by atoms with Crippen LogP contribution in [0.1, 0.15) is 6.92 Å². The van der Waals surface area contributed by atoms with Gasteiger partial charge in [0, 0.05) is 48.0 Å². The lowest BCUT2D eigenvalue weighted by Gasteiger charge is -2.36. The van der Waals surface area contributed by atoms with Gasteiger partial charge in [-0.2, -0.15) is 4.31 Å². The molecule has 0 radical (unpaired) electrons. The summed E-state index contributed by atoms with van der Waals surface area (Å²) in [5.74, 6) is 0.759. The Kier molecular flexibility index (Phi) is 6.83. The molecule has 2 aliphatic heterocycles. The Balaban J connectivity index is 1.38. The number of anilines is 1. The fourth-order valence-corrected chi connectivity index (χ4v) is 5.67. The van der Waals surface area contributed by atoms with E-state index >= 15 is 0 Å². The van der Waals surface area contributed by atoms with E-state index in [1.807, 2.05) is 4.90 Å². The largest absolute Gasteiger partial charge is 0.486 e. The van der Waals surface area contributed by atoms with Crippen LogP contribution in [0.15, 0.2) is 41.3 Å². The number of amides is 1. The molecule has 11 heteroatoms. The minimum Gasteiger partial charge on any atom is -0.486 e. The van der Waals surface area contributed by atoms with E-state index in [9.17, 15) is 13.2 Å². The molecule has 1 amide bonds. The van der Waals surface area contributed by atoms with Crippen molar-refractivity contribution in [2.75, 3.05) is 44.7 Å². The van der Waals surface area contributed by atoms with Gasteiger partial charge >= 0.3 is 0 Å². The van der Waals surface area contributed by atoms with Crippen LogP contribution in [0.5, 0.6) is 11.5 Å². The number of nitrogens with one attached hydrogen (secondary N) is 1. The van der Waals surface area contributed by atoms with Crippen molar-refractivity contribution < 1.29 is 22.7 Å². The highest BCUT2D eigenvalue weighted by Crippen LogP contribution is 2.33. The number of halogens is 2. The first-order valence-corrected chi connectivity index (χ1v) is 12.3. The summed E-state index contributed by atoms with van der Waals surface area (Å²) in [5, 5.41) is 3.67. The molecule has 0 aromatic heterocycles. The van der Waals surface area contributed by atoms with Gasteiger partial charge in [0.15, 0.2) is 11.5 Å². The summed E-state index contributed by atoms with van der Waals surface area (Å²) < 4.78 is 38.6. The molecule has 2 aromatic rings. The Morgan fingerprint density at radius 1 is 0.969 bits per heavy atom. The van der Waals surface area contributed by atoms with E-state index < -0.39 is 16.1 Å². The second kappa shape index (κ2) is 9.44. The first-order valence-electron chi connectivity index (χ1n) is 10.1. The summed E-state index contributed by atoms with van der Waals surface area (Å²) >= 11 is 12.0. The average Bonchev–Trinajstić information content (AvgIpc) is 2.77. The Bertz CT molecular complexity index is 1100. The monoisotopic (exact) mass is 499 g/mol. The quantitative estimate of drug-likeness (QED) is 0.679. The Labute approximate surface area is 197 Å². The van der Waals surface area contributed by atoms with Crippen LogP contribution in [0.2, 0.25) is 10.0 Å². The first-order chi connectivity index (χ1) is 15.2. The number of sulfonamides is 1. The number of ether oxygens (including phenoxy) is 2. The van der Waals surface area contributed by atoms with E-state index in [4.69, 9.17) is 32.7 Å². The molecule has 1 fully saturated rings. The Morgan fingerprint density at radius 2 is 1.59 bits per heavy atom. The SMILES string of the molecule is CC(C(=O)Nc1cc(Cl)cc(Cl)c1)N1CCN(S(=O)(=O)c2ccc3c(c2)OCCO3)CC1. The molecular formula is C21H23Cl2N3O5S. The number of benzene rings is 2. The molecule has 32 heavy (non-hydrogen) atoms. The van der Waals surface area contributed by atoms with Gasteiger partial charge in [-0.05, 0) is 37.3 Å². The third kappa shape index (κ3) is 4.97. The van der Waals surface area contributed by atoms with Crippen LogP contribution in [0, 0.1) is 0 Å². The minimum atomic E-state index is -3.68. The zero-order chi connectivity index (χ0) is 22.9. The number of fused-ring (bicyclic) bond motifs is 1. The van der Waals surface area contributed by atoms with Gasteiger partial charge in [0.05, 0.1) is 10.9 Å². The molecule has 0 aliphatic carbocycles. The highest BCUT2D eigenvalue weighted by atomic mass is 35.5. The summed E-state index contributed by atoms with van der Waals surface area (Å²) in [6.07, 6.45) is 0. The van der Waals surface area contributed by atoms with Crippen LogP contribution in [0.25, 0.3) is 0 Å². The number of carbonyl (C=O) groups excluding carboxylic acids is 1. The number of rotatable bonds is 5. The lowest BCUT2D eigenvalue weighted by atomic mass is 10.2. The van der Waals surface area contributed by atoms with Crippen molar-refractivity contribution in [1.29, 1.82) is 0 Å². The summed E-state index contributed by atoms with van der Waals surface area (Å²) in [5.41, 5.74) is 0.513. The van der Waals surface area contributed by atoms with Gasteiger partial charge in [0.25, 0.3) is 0 Å². The molecule has 2 heterocycles. The third-order valence-electron chi connectivity index (χ3n) is 5.48. The molecule has 172 valence electrons. The van der Waals surface area contributed by atoms with Crippen LogP contribution in [0.4, 0.5) is 5.69 Å². The molecule has 8 nitrogen and oxygen atoms in total. The van der Waals surface area contributed by atoms with Gasteiger partial charge in [0.1, 0.15) is 13.2 Å². The zero-order valence-electron chi connectivity index (χ0n) is 17.4. The van der Waals surface area contributed by atoms with Crippen molar-refractivity contribution in [2.45, 2.75) is 17.9 Å². The normalized spacial score (nSPS) is 18.2. The fraction of sp³-hybridized carbons (Fsp3) is 0.381. The van der Waals surface area contributed by atoms with E-state index in [1.165, 1.54) is 16.4 Å². The Morgan fingerprint density at radius 3 is 2.25 bits per heavy atom. The van der Waals surface area contributed by atoms with E-state index in [1.54, 1.807) is 31.2 Å². The van der Waals surface area contributed by atoms with Gasteiger partial charge in [-0.1, -0.05) is 23.2 Å². The van der Waals surface area contributed by atoms with E-state index in [2.05, 4.69) is 5.32 Å². The Hall–Kier alpha value is -2.04. The second-order valence-electron chi connectivity index (χ2n) is 7.57. The highest BCUT2D eigenvalue weighted by molar-refractivity contribution is 7.89. The molecule has 1 saturated heterocycles. The molecule has 2 aromatic carbocycles. The molecular weight excluding hydrogens is 477 g/mol. The topological polar surface area (TPSA) is 88.2 Å². The average molecular weight is 500 g/mol. The van der Waals surface area contributed by atoms with Gasteiger partial charge < -0.3 is 14.8 Å². The van der Waals surface area contributed by atoms with Crippen molar-refractivity contribution in [3.8, 4) is 11.5 Å². The standard InChI is InChI=1S/C21H23Cl2N3O5S/c1-14(21(27)24-17-11-15(22)10-16(23)12-17)25-4-6-26(7-5-25)32(28,29)18-2-3-19-20(13-18)31-9-8-30-19/h2-3,10-14H,4-9H2,1H3,(H,24,27). The van der Waals surface area contributed by atoms with Gasteiger partial charge in [-0.25, -0.2) is 8.42 Å². The van der Waals surface area contributed by atoms with Crippen LogP contribution in [0.3, 0.4) is 0 Å². The predicted molar refractivity (Wildman–Crippen MR) is 122 cm³/mol. The van der Waals surface area contributed by atoms with Gasteiger partial charge in [-0.15, -0.1) is 0 Å². The van der Waals surface area contributed by atoms with Crippen LogP contribution >= 0.6 is 23.2 Å². The summed E-state index contributed by atoms with van der Waals surface area (Å²) in [4.78, 5) is 14.8. The van der Waals surface area contributed by atoms with Crippen molar-refractivity contribution in [3.05, 3.63) is 46.4 Å². The molecule has 0 saturated carbocycles. The van der Waals surface area contributed by atoms with Crippen molar-refractivity contribution in [2.24, 2.45) is 0 Å². The van der Waals surface area contributed by atoms with Crippen LogP contribution in [-0.4, -0.2) is 69.0 Å². The summed E-state index contributed by atoms with van der Waals surface area (Å²) in [7, 11) is -3.68. The molecule has 0 bridgehead atoms. The molecule has 1 N–H and O–H groups in total. The summed E-state index contributed by atoms with van der Waals surface area (Å²) in [6, 6.07) is 9.03. The van der Waals surface area contributed by atoms with E-state index in [0.717, 1.165) is 0 Å². The number of hydrogen-bond acceptors (Lipinski definition) is 6. The van der Waals surface area contributed by atoms with Gasteiger partial charge in [0.2, 0.25) is 15.9 Å². The minimum absolute atomic E-state index is 0.166. The molecule has 4 rings (SSSR count). The smallest absolute Gasteiger partial charge is 0.243 e.